The first kappa shape index (κ1) is 11.6. The van der Waals surface area contributed by atoms with Crippen molar-refractivity contribution in [1.82, 2.24) is 0 Å². The van der Waals surface area contributed by atoms with Crippen LogP contribution in [0.2, 0.25) is 0 Å². The Morgan fingerprint density at radius 2 is 2.24 bits per heavy atom. The molecule has 0 atom stereocenters. The number of rotatable bonds is 2. The Morgan fingerprint density at radius 1 is 1.47 bits per heavy atom. The Labute approximate surface area is 104 Å². The van der Waals surface area contributed by atoms with Crippen LogP contribution in [-0.4, -0.2) is 13.1 Å². The fourth-order valence-corrected chi connectivity index (χ4v) is 1.73. The van der Waals surface area contributed by atoms with E-state index in [2.05, 4.69) is 17.4 Å². The number of methoxy groups -OCH3 is 1. The second-order valence-corrected chi connectivity index (χ2v) is 3.88. The largest absolute Gasteiger partial charge is 0.465 e. The lowest BCUT2D eigenvalue weighted by Gasteiger charge is -2.08. The molecule has 1 aromatic carbocycles. The van der Waals surface area contributed by atoms with Crippen molar-refractivity contribution in [1.29, 1.82) is 0 Å². The van der Waals surface area contributed by atoms with E-state index in [9.17, 15) is 4.79 Å². The Hall–Kier alpha value is -1.88. The normalized spacial score (nSPS) is 10.2. The summed E-state index contributed by atoms with van der Waals surface area (Å²) in [5.74, 6) is 0.158. The van der Waals surface area contributed by atoms with Crippen LogP contribution in [0.25, 0.3) is 11.3 Å². The number of ether oxygens (including phenoxy) is 1. The average molecular weight is 249 g/mol. The lowest BCUT2D eigenvalue weighted by molar-refractivity contribution is 0.0597. The maximum absolute atomic E-state index is 11.6. The van der Waals surface area contributed by atoms with Gasteiger partial charge in [0.1, 0.15) is 5.76 Å². The van der Waals surface area contributed by atoms with Crippen LogP contribution in [-0.2, 0) is 4.74 Å². The minimum absolute atomic E-state index is 0.322. The Morgan fingerprint density at radius 3 is 2.82 bits per heavy atom. The molecule has 0 saturated heterocycles. The highest BCUT2D eigenvalue weighted by Crippen LogP contribution is 2.30. The van der Waals surface area contributed by atoms with Crippen molar-refractivity contribution in [2.24, 2.45) is 0 Å². The zero-order valence-electron chi connectivity index (χ0n) is 9.14. The molecule has 0 amide bonds. The predicted molar refractivity (Wildman–Crippen MR) is 67.1 cm³/mol. The molecule has 1 heterocycles. The summed E-state index contributed by atoms with van der Waals surface area (Å²) < 4.78 is 9.92. The fraction of sp³-hybridized carbons (Fsp3) is 0.0833. The molecular weight excluding hydrogens is 238 g/mol. The summed E-state index contributed by atoms with van der Waals surface area (Å²) in [6, 6.07) is 6.89. The number of carbonyl (C=O) groups is 1. The zero-order valence-corrected chi connectivity index (χ0v) is 10.0. The van der Waals surface area contributed by atoms with Gasteiger partial charge in [-0.1, -0.05) is 0 Å². The number of anilines is 1. The van der Waals surface area contributed by atoms with Gasteiger partial charge in [0.05, 0.1) is 18.9 Å². The van der Waals surface area contributed by atoms with E-state index in [1.54, 1.807) is 30.5 Å². The number of nitrogen functional groups attached to an aromatic ring is 1. The molecule has 0 spiro atoms. The van der Waals surface area contributed by atoms with Crippen molar-refractivity contribution < 1.29 is 13.9 Å². The van der Waals surface area contributed by atoms with Crippen LogP contribution in [0.4, 0.5) is 5.69 Å². The number of esters is 1. The number of hydrogen-bond acceptors (Lipinski definition) is 5. The second kappa shape index (κ2) is 4.55. The third-order valence-corrected chi connectivity index (χ3v) is 2.85. The van der Waals surface area contributed by atoms with Gasteiger partial charge in [0.2, 0.25) is 0 Å². The Bertz CT molecular complexity index is 549. The smallest absolute Gasteiger partial charge is 0.339 e. The van der Waals surface area contributed by atoms with E-state index in [-0.39, 0.29) is 0 Å². The van der Waals surface area contributed by atoms with Gasteiger partial charge in [-0.2, -0.15) is 0 Å². The van der Waals surface area contributed by atoms with Crippen LogP contribution in [0, 0.1) is 0 Å². The highest BCUT2D eigenvalue weighted by molar-refractivity contribution is 7.80. The number of furan rings is 1. The number of nitrogens with two attached hydrogens (primary N) is 1. The van der Waals surface area contributed by atoms with Gasteiger partial charge < -0.3 is 14.9 Å². The molecule has 0 aliphatic heterocycles. The van der Waals surface area contributed by atoms with Gasteiger partial charge in [-0.3, -0.25) is 0 Å². The average Bonchev–Trinajstić information content (AvgIpc) is 2.85. The number of hydrogen-bond donors (Lipinski definition) is 2. The monoisotopic (exact) mass is 249 g/mol. The molecule has 1 aromatic heterocycles. The third kappa shape index (κ3) is 2.14. The highest BCUT2D eigenvalue weighted by Gasteiger charge is 2.15. The summed E-state index contributed by atoms with van der Waals surface area (Å²) in [6.07, 6.45) is 1.55. The standard InChI is InChI=1S/C12H11NO3S/c1-15-12(14)8-5-7(6-9(13)11(8)17)10-3-2-4-16-10/h2-6,17H,13H2,1H3. The minimum Gasteiger partial charge on any atom is -0.465 e. The van der Waals surface area contributed by atoms with Crippen molar-refractivity contribution in [3.8, 4) is 11.3 Å². The maximum atomic E-state index is 11.6. The van der Waals surface area contributed by atoms with Crippen LogP contribution >= 0.6 is 12.6 Å². The van der Waals surface area contributed by atoms with Gasteiger partial charge in [0.25, 0.3) is 0 Å². The van der Waals surface area contributed by atoms with Crippen molar-refractivity contribution in [2.75, 3.05) is 12.8 Å². The number of carbonyl (C=O) groups excluding carboxylic acids is 1. The summed E-state index contributed by atoms with van der Waals surface area (Å²) in [4.78, 5) is 12.0. The van der Waals surface area contributed by atoms with E-state index in [0.29, 0.717) is 27.5 Å². The number of thiol groups is 1. The molecule has 2 rings (SSSR count). The molecule has 0 unspecified atom stereocenters. The molecule has 0 fully saturated rings. The van der Waals surface area contributed by atoms with E-state index >= 15 is 0 Å². The lowest BCUT2D eigenvalue weighted by atomic mass is 10.1. The van der Waals surface area contributed by atoms with Gasteiger partial charge in [-0.25, -0.2) is 4.79 Å². The van der Waals surface area contributed by atoms with E-state index < -0.39 is 5.97 Å². The maximum Gasteiger partial charge on any atom is 0.339 e. The van der Waals surface area contributed by atoms with E-state index in [1.807, 2.05) is 0 Å². The van der Waals surface area contributed by atoms with Crippen molar-refractivity contribution in [3.05, 3.63) is 36.1 Å². The minimum atomic E-state index is -0.477. The molecule has 0 radical (unpaired) electrons. The van der Waals surface area contributed by atoms with E-state index in [0.717, 1.165) is 0 Å². The molecule has 0 bridgehead atoms. The Balaban J connectivity index is 2.57. The van der Waals surface area contributed by atoms with Crippen molar-refractivity contribution >= 4 is 24.3 Å². The summed E-state index contributed by atoms with van der Waals surface area (Å²) in [5.41, 5.74) is 7.23. The number of benzene rings is 1. The molecule has 2 aromatic rings. The highest BCUT2D eigenvalue weighted by atomic mass is 32.1. The first-order valence-corrected chi connectivity index (χ1v) is 5.33. The summed E-state index contributed by atoms with van der Waals surface area (Å²) in [5, 5.41) is 0. The van der Waals surface area contributed by atoms with Gasteiger partial charge >= 0.3 is 5.97 Å². The quantitative estimate of drug-likeness (QED) is 0.488. The lowest BCUT2D eigenvalue weighted by Crippen LogP contribution is -2.04. The molecule has 5 heteroatoms. The Kier molecular flexibility index (Phi) is 3.10. The van der Waals surface area contributed by atoms with E-state index in [1.165, 1.54) is 7.11 Å². The van der Waals surface area contributed by atoms with Gasteiger partial charge in [0, 0.05) is 16.1 Å². The first-order valence-electron chi connectivity index (χ1n) is 4.88. The van der Waals surface area contributed by atoms with Crippen molar-refractivity contribution in [3.63, 3.8) is 0 Å². The van der Waals surface area contributed by atoms with Crippen LogP contribution in [0.1, 0.15) is 10.4 Å². The fourth-order valence-electron chi connectivity index (χ4n) is 1.51. The second-order valence-electron chi connectivity index (χ2n) is 3.43. The molecule has 2 N–H and O–H groups in total. The molecule has 17 heavy (non-hydrogen) atoms. The van der Waals surface area contributed by atoms with Gasteiger partial charge in [-0.05, 0) is 24.3 Å². The molecule has 4 nitrogen and oxygen atoms in total. The molecule has 0 aliphatic rings. The molecular formula is C12H11NO3S. The van der Waals surface area contributed by atoms with Crippen LogP contribution in [0.3, 0.4) is 0 Å². The zero-order chi connectivity index (χ0) is 12.4. The molecule has 88 valence electrons. The van der Waals surface area contributed by atoms with Crippen molar-refractivity contribution in [2.45, 2.75) is 4.90 Å². The predicted octanol–water partition coefficient (Wildman–Crippen LogP) is 2.60. The topological polar surface area (TPSA) is 65.5 Å². The van der Waals surface area contributed by atoms with Crippen LogP contribution < -0.4 is 5.73 Å². The SMILES string of the molecule is COC(=O)c1cc(-c2ccco2)cc(N)c1S. The van der Waals surface area contributed by atoms with Gasteiger partial charge in [0.15, 0.2) is 0 Å². The summed E-state index contributed by atoms with van der Waals surface area (Å²) in [6.45, 7) is 0. The summed E-state index contributed by atoms with van der Waals surface area (Å²) >= 11 is 4.19. The van der Waals surface area contributed by atoms with Crippen LogP contribution in [0.5, 0.6) is 0 Å². The molecule has 0 saturated carbocycles. The third-order valence-electron chi connectivity index (χ3n) is 2.35. The first-order chi connectivity index (χ1) is 8.13. The summed E-state index contributed by atoms with van der Waals surface area (Å²) in [7, 11) is 1.31. The van der Waals surface area contributed by atoms with Gasteiger partial charge in [-0.15, -0.1) is 12.6 Å². The van der Waals surface area contributed by atoms with E-state index in [4.69, 9.17) is 10.2 Å². The molecule has 0 aliphatic carbocycles. The van der Waals surface area contributed by atoms with Crippen LogP contribution in [0.15, 0.2) is 39.8 Å².